The molecule has 0 radical (unpaired) electrons. The first kappa shape index (κ1) is 13.3. The maximum absolute atomic E-state index is 12.0. The fraction of sp³-hybridized carbons (Fsp3) is 0.308. The highest BCUT2D eigenvalue weighted by atomic mass is 32.2. The second-order valence-electron chi connectivity index (χ2n) is 4.71. The Morgan fingerprint density at radius 3 is 3.10 bits per heavy atom. The summed E-state index contributed by atoms with van der Waals surface area (Å²) in [5.41, 5.74) is 2.03. The summed E-state index contributed by atoms with van der Waals surface area (Å²) in [7, 11) is 1.87. The molecular formula is C13H14N4OS2. The molecule has 1 N–H and O–H groups in total. The molecule has 0 fully saturated rings. The van der Waals surface area contributed by atoms with Gasteiger partial charge in [-0.05, 0) is 22.9 Å². The number of carbonyl (C=O) groups excluding carboxylic acids is 1. The predicted molar refractivity (Wildman–Crippen MR) is 82.4 cm³/mol. The Morgan fingerprint density at radius 1 is 1.55 bits per heavy atom. The van der Waals surface area contributed by atoms with Crippen molar-refractivity contribution < 1.29 is 4.79 Å². The first-order valence-corrected chi connectivity index (χ1v) is 7.94. The van der Waals surface area contributed by atoms with Gasteiger partial charge in [-0.15, -0.1) is 11.3 Å². The Hall–Kier alpha value is -1.73. The van der Waals surface area contributed by atoms with Gasteiger partial charge in [-0.2, -0.15) is 5.10 Å². The third-order valence-electron chi connectivity index (χ3n) is 3.05. The molecule has 3 aromatic heterocycles. The third-order valence-corrected chi connectivity index (χ3v) is 5.07. The van der Waals surface area contributed by atoms with Crippen LogP contribution in [0, 0.1) is 0 Å². The first-order valence-electron chi connectivity index (χ1n) is 6.24. The van der Waals surface area contributed by atoms with Crippen LogP contribution < -0.4 is 5.32 Å². The van der Waals surface area contributed by atoms with Gasteiger partial charge in [0.1, 0.15) is 4.01 Å². The van der Waals surface area contributed by atoms with E-state index in [1.165, 1.54) is 11.3 Å². The fourth-order valence-corrected chi connectivity index (χ4v) is 3.84. The zero-order valence-electron chi connectivity index (χ0n) is 11.2. The van der Waals surface area contributed by atoms with Gasteiger partial charge in [-0.1, -0.05) is 18.3 Å². The number of hydrogen-bond donors (Lipinski definition) is 1. The molecule has 1 amide bonds. The number of hydrogen-bond acceptors (Lipinski definition) is 5. The van der Waals surface area contributed by atoms with Crippen molar-refractivity contribution in [1.82, 2.24) is 14.8 Å². The van der Waals surface area contributed by atoms with E-state index in [4.69, 9.17) is 0 Å². The summed E-state index contributed by atoms with van der Waals surface area (Å²) >= 11 is 3.16. The van der Waals surface area contributed by atoms with Crippen molar-refractivity contribution in [3.63, 3.8) is 0 Å². The molecule has 7 heteroatoms. The van der Waals surface area contributed by atoms with Gasteiger partial charge in [-0.25, -0.2) is 4.98 Å². The number of carbonyl (C=O) groups is 1. The number of nitrogens with zero attached hydrogens (tertiary/aromatic N) is 3. The van der Waals surface area contributed by atoms with Crippen LogP contribution in [0.15, 0.2) is 23.8 Å². The zero-order chi connectivity index (χ0) is 14.1. The van der Waals surface area contributed by atoms with Crippen molar-refractivity contribution in [3.8, 4) is 0 Å². The molecule has 0 aliphatic rings. The minimum absolute atomic E-state index is 0.0113. The van der Waals surface area contributed by atoms with E-state index in [9.17, 15) is 4.79 Å². The number of thiophene rings is 1. The SMILES string of the molecule is CC(CC(=O)Nc1nc2ccsc2s1)c1cnn(C)c1. The number of fused-ring (bicyclic) bond motifs is 1. The molecule has 0 aliphatic heterocycles. The normalized spacial score (nSPS) is 12.7. The van der Waals surface area contributed by atoms with E-state index in [1.54, 1.807) is 22.2 Å². The molecule has 1 unspecified atom stereocenters. The molecule has 3 heterocycles. The molecule has 0 saturated carbocycles. The summed E-state index contributed by atoms with van der Waals surface area (Å²) < 4.78 is 2.89. The maximum atomic E-state index is 12.0. The van der Waals surface area contributed by atoms with Crippen LogP contribution in [0.4, 0.5) is 5.13 Å². The number of amides is 1. The summed E-state index contributed by atoms with van der Waals surface area (Å²) in [5, 5.41) is 9.68. The van der Waals surface area contributed by atoms with Gasteiger partial charge in [0, 0.05) is 19.7 Å². The van der Waals surface area contributed by atoms with Gasteiger partial charge in [-0.3, -0.25) is 9.48 Å². The molecule has 104 valence electrons. The number of nitrogens with one attached hydrogen (secondary N) is 1. The molecule has 3 rings (SSSR count). The molecule has 1 atom stereocenters. The van der Waals surface area contributed by atoms with E-state index < -0.39 is 0 Å². The molecule has 3 aromatic rings. The number of aryl methyl sites for hydroxylation is 1. The monoisotopic (exact) mass is 306 g/mol. The molecule has 20 heavy (non-hydrogen) atoms. The lowest BCUT2D eigenvalue weighted by molar-refractivity contribution is -0.116. The summed E-state index contributed by atoms with van der Waals surface area (Å²) in [6.07, 6.45) is 4.17. The lowest BCUT2D eigenvalue weighted by Gasteiger charge is -2.08. The fourth-order valence-electron chi connectivity index (χ4n) is 1.98. The van der Waals surface area contributed by atoms with Crippen LogP contribution in [0.5, 0.6) is 0 Å². The molecule has 0 spiro atoms. The van der Waals surface area contributed by atoms with Crippen LogP contribution in [0.3, 0.4) is 0 Å². The van der Waals surface area contributed by atoms with Crippen molar-refractivity contribution in [2.75, 3.05) is 5.32 Å². The minimum atomic E-state index is -0.0113. The summed E-state index contributed by atoms with van der Waals surface area (Å²) in [6, 6.07) is 1.96. The van der Waals surface area contributed by atoms with Crippen LogP contribution in [0.1, 0.15) is 24.8 Å². The van der Waals surface area contributed by atoms with Gasteiger partial charge in [0.05, 0.1) is 11.7 Å². The Balaban J connectivity index is 1.63. The maximum Gasteiger partial charge on any atom is 0.226 e. The van der Waals surface area contributed by atoms with Gasteiger partial charge < -0.3 is 5.32 Å². The standard InChI is InChI=1S/C13H14N4OS2/c1-8(9-6-14-17(2)7-9)5-11(18)16-13-15-10-3-4-19-12(10)20-13/h3-4,6-8H,5H2,1-2H3,(H,15,16,18). The van der Waals surface area contributed by atoms with Crippen LogP contribution in [-0.4, -0.2) is 20.7 Å². The van der Waals surface area contributed by atoms with E-state index in [-0.39, 0.29) is 11.8 Å². The smallest absolute Gasteiger partial charge is 0.226 e. The number of rotatable bonds is 4. The Morgan fingerprint density at radius 2 is 2.40 bits per heavy atom. The van der Waals surface area contributed by atoms with Crippen LogP contribution >= 0.6 is 22.7 Å². The van der Waals surface area contributed by atoms with E-state index in [2.05, 4.69) is 15.4 Å². The van der Waals surface area contributed by atoms with Crippen molar-refractivity contribution in [2.45, 2.75) is 19.3 Å². The molecule has 0 saturated heterocycles. The van der Waals surface area contributed by atoms with Gasteiger partial charge >= 0.3 is 0 Å². The van der Waals surface area contributed by atoms with Crippen LogP contribution in [0.2, 0.25) is 0 Å². The topological polar surface area (TPSA) is 59.8 Å². The quantitative estimate of drug-likeness (QED) is 0.805. The van der Waals surface area contributed by atoms with Crippen molar-refractivity contribution >= 4 is 43.2 Å². The summed E-state index contributed by atoms with van der Waals surface area (Å²) in [6.45, 7) is 2.02. The Bertz CT molecular complexity index is 714. The zero-order valence-corrected chi connectivity index (χ0v) is 12.8. The van der Waals surface area contributed by atoms with Gasteiger partial charge in [0.25, 0.3) is 0 Å². The first-order chi connectivity index (χ1) is 9.61. The number of thiazole rings is 1. The van der Waals surface area contributed by atoms with Crippen molar-refractivity contribution in [3.05, 3.63) is 29.4 Å². The molecular weight excluding hydrogens is 292 g/mol. The van der Waals surface area contributed by atoms with Crippen LogP contribution in [0.25, 0.3) is 9.53 Å². The highest BCUT2D eigenvalue weighted by molar-refractivity contribution is 7.39. The van der Waals surface area contributed by atoms with E-state index >= 15 is 0 Å². The molecule has 5 nitrogen and oxygen atoms in total. The average Bonchev–Trinajstić information content (AvgIpc) is 3.04. The third kappa shape index (κ3) is 2.73. The van der Waals surface area contributed by atoms with Gasteiger partial charge in [0.15, 0.2) is 5.13 Å². The second kappa shape index (κ2) is 5.34. The lowest BCUT2D eigenvalue weighted by atomic mass is 10.0. The lowest BCUT2D eigenvalue weighted by Crippen LogP contribution is -2.14. The van der Waals surface area contributed by atoms with E-state index in [1.807, 2.05) is 31.6 Å². The highest BCUT2D eigenvalue weighted by Crippen LogP contribution is 2.30. The van der Waals surface area contributed by atoms with Crippen molar-refractivity contribution in [1.29, 1.82) is 0 Å². The van der Waals surface area contributed by atoms with E-state index in [0.29, 0.717) is 11.6 Å². The Labute approximate surface area is 124 Å². The molecule has 0 aliphatic carbocycles. The van der Waals surface area contributed by atoms with Gasteiger partial charge in [0.2, 0.25) is 5.91 Å². The summed E-state index contributed by atoms with van der Waals surface area (Å²) in [4.78, 5) is 16.4. The Kier molecular flexibility index (Phi) is 3.54. The molecule has 0 aromatic carbocycles. The average molecular weight is 306 g/mol. The largest absolute Gasteiger partial charge is 0.302 e. The number of aromatic nitrogens is 3. The predicted octanol–water partition coefficient (Wildman–Crippen LogP) is 3.22. The minimum Gasteiger partial charge on any atom is -0.302 e. The molecule has 0 bridgehead atoms. The second-order valence-corrected chi connectivity index (χ2v) is 6.89. The highest BCUT2D eigenvalue weighted by Gasteiger charge is 2.14. The van der Waals surface area contributed by atoms with Crippen LogP contribution in [-0.2, 0) is 11.8 Å². The summed E-state index contributed by atoms with van der Waals surface area (Å²) in [5.74, 6) is 0.132. The van der Waals surface area contributed by atoms with E-state index in [0.717, 1.165) is 15.1 Å². The van der Waals surface area contributed by atoms with Crippen molar-refractivity contribution in [2.24, 2.45) is 7.05 Å². The number of anilines is 1.